The molecule has 1 aromatic carbocycles. The van der Waals surface area contributed by atoms with Crippen molar-refractivity contribution in [2.75, 3.05) is 12.9 Å². The Labute approximate surface area is 124 Å². The van der Waals surface area contributed by atoms with Crippen LogP contribution in [0.1, 0.15) is 12.0 Å². The topological polar surface area (TPSA) is 93.1 Å². The lowest BCUT2D eigenvalue weighted by Gasteiger charge is -2.21. The molecule has 118 valence electrons. The molecule has 1 aromatic rings. The fraction of sp³-hybridized carbons (Fsp3) is 0.571. The van der Waals surface area contributed by atoms with Crippen LogP contribution >= 0.6 is 0 Å². The zero-order valence-corrected chi connectivity index (χ0v) is 12.6. The number of aliphatic hydroxyl groups excluding tert-OH is 2. The summed E-state index contributed by atoms with van der Waals surface area (Å²) in [5, 5.41) is 19.6. The molecule has 0 unspecified atom stereocenters. The molecule has 0 amide bonds. The second kappa shape index (κ2) is 6.85. The fourth-order valence-electron chi connectivity index (χ4n) is 2.49. The van der Waals surface area contributed by atoms with Gasteiger partial charge in [0.15, 0.2) is 0 Å². The second-order valence-electron chi connectivity index (χ2n) is 5.30. The minimum absolute atomic E-state index is 0.0770. The van der Waals surface area contributed by atoms with E-state index in [9.17, 15) is 18.6 Å². The molecule has 1 aliphatic rings. The second-order valence-corrected chi connectivity index (χ2v) is 6.90. The molecule has 6 nitrogen and oxygen atoms in total. The summed E-state index contributed by atoms with van der Waals surface area (Å²) >= 11 is 0. The first-order valence-corrected chi connectivity index (χ1v) is 8.54. The summed E-state index contributed by atoms with van der Waals surface area (Å²) in [5.74, 6) is -0.571. The highest BCUT2D eigenvalue weighted by Gasteiger charge is 2.44. The van der Waals surface area contributed by atoms with Gasteiger partial charge in [0, 0.05) is 12.3 Å². The van der Waals surface area contributed by atoms with Gasteiger partial charge in [-0.25, -0.2) is 0 Å². The predicted octanol–water partition coefficient (Wildman–Crippen LogP) is 0.290. The van der Waals surface area contributed by atoms with E-state index in [1.54, 1.807) is 0 Å². The molecule has 4 atom stereocenters. The Balaban J connectivity index is 1.92. The number of hydrogen-bond acceptors (Lipinski definition) is 6. The summed E-state index contributed by atoms with van der Waals surface area (Å²) in [4.78, 5) is 0. The SMILES string of the molecule is CS(=O)(=O)O[C@H]1C[C@H](O)[C@H](O)[C@@H]1COCc1ccccc1. The van der Waals surface area contributed by atoms with E-state index >= 15 is 0 Å². The van der Waals surface area contributed by atoms with Crippen molar-refractivity contribution in [1.29, 1.82) is 0 Å². The Hall–Kier alpha value is -0.990. The first kappa shape index (κ1) is 16.4. The third-order valence-electron chi connectivity index (χ3n) is 3.50. The summed E-state index contributed by atoms with van der Waals surface area (Å²) in [7, 11) is -3.64. The molecule has 0 radical (unpaired) electrons. The van der Waals surface area contributed by atoms with Crippen LogP contribution in [-0.2, 0) is 25.6 Å². The lowest BCUT2D eigenvalue weighted by molar-refractivity contribution is -0.0243. The van der Waals surface area contributed by atoms with Crippen molar-refractivity contribution >= 4 is 10.1 Å². The van der Waals surface area contributed by atoms with E-state index < -0.39 is 34.3 Å². The zero-order chi connectivity index (χ0) is 15.5. The highest BCUT2D eigenvalue weighted by Crippen LogP contribution is 2.30. The van der Waals surface area contributed by atoms with Crippen molar-refractivity contribution in [2.24, 2.45) is 5.92 Å². The largest absolute Gasteiger partial charge is 0.390 e. The molecule has 0 saturated heterocycles. The minimum Gasteiger partial charge on any atom is -0.390 e. The van der Waals surface area contributed by atoms with Crippen LogP contribution in [-0.4, -0.2) is 49.8 Å². The average molecular weight is 316 g/mol. The zero-order valence-electron chi connectivity index (χ0n) is 11.8. The molecule has 0 aromatic heterocycles. The molecular formula is C14H20O6S. The Kier molecular flexibility index (Phi) is 5.34. The first-order valence-electron chi connectivity index (χ1n) is 6.73. The van der Waals surface area contributed by atoms with Crippen molar-refractivity contribution in [1.82, 2.24) is 0 Å². The van der Waals surface area contributed by atoms with Crippen molar-refractivity contribution in [3.63, 3.8) is 0 Å². The predicted molar refractivity (Wildman–Crippen MR) is 75.9 cm³/mol. The van der Waals surface area contributed by atoms with Crippen molar-refractivity contribution < 1.29 is 27.6 Å². The van der Waals surface area contributed by atoms with Gasteiger partial charge >= 0.3 is 0 Å². The van der Waals surface area contributed by atoms with Gasteiger partial charge in [-0.15, -0.1) is 0 Å². The van der Waals surface area contributed by atoms with Gasteiger partial charge in [0.25, 0.3) is 10.1 Å². The Morgan fingerprint density at radius 2 is 1.90 bits per heavy atom. The molecule has 1 fully saturated rings. The number of hydrogen-bond donors (Lipinski definition) is 2. The summed E-state index contributed by atoms with van der Waals surface area (Å²) in [6.45, 7) is 0.471. The van der Waals surface area contributed by atoms with Gasteiger partial charge < -0.3 is 14.9 Å². The van der Waals surface area contributed by atoms with E-state index in [4.69, 9.17) is 8.92 Å². The smallest absolute Gasteiger partial charge is 0.264 e. The van der Waals surface area contributed by atoms with Gasteiger partial charge in [-0.1, -0.05) is 30.3 Å². The monoisotopic (exact) mass is 316 g/mol. The third kappa shape index (κ3) is 4.76. The van der Waals surface area contributed by atoms with Crippen LogP contribution in [0.3, 0.4) is 0 Å². The van der Waals surface area contributed by atoms with E-state index in [2.05, 4.69) is 0 Å². The molecule has 1 saturated carbocycles. The molecule has 2 N–H and O–H groups in total. The van der Waals surface area contributed by atoms with Gasteiger partial charge in [0.2, 0.25) is 0 Å². The summed E-state index contributed by atoms with van der Waals surface area (Å²) in [6, 6.07) is 9.50. The van der Waals surface area contributed by atoms with Crippen LogP contribution in [0.4, 0.5) is 0 Å². The van der Waals surface area contributed by atoms with Gasteiger partial charge in [-0.05, 0) is 5.56 Å². The highest BCUT2D eigenvalue weighted by atomic mass is 32.2. The number of ether oxygens (including phenoxy) is 1. The maximum atomic E-state index is 11.2. The summed E-state index contributed by atoms with van der Waals surface area (Å²) in [5.41, 5.74) is 0.978. The van der Waals surface area contributed by atoms with Gasteiger partial charge in [-0.3, -0.25) is 4.18 Å². The number of rotatable bonds is 6. The standard InChI is InChI=1S/C14H20O6S/c1-21(17,18)20-13-7-12(15)14(16)11(13)9-19-8-10-5-3-2-4-6-10/h2-6,11-16H,7-9H2,1H3/t11-,12+,13+,14-/m1/s1. The lowest BCUT2D eigenvalue weighted by atomic mass is 10.1. The number of benzene rings is 1. The average Bonchev–Trinajstić information content (AvgIpc) is 2.65. The van der Waals surface area contributed by atoms with Crippen LogP contribution in [0, 0.1) is 5.92 Å². The van der Waals surface area contributed by atoms with Gasteiger partial charge in [0.1, 0.15) is 0 Å². The summed E-state index contributed by atoms with van der Waals surface area (Å²) < 4.78 is 32.9. The van der Waals surface area contributed by atoms with Crippen LogP contribution in [0.15, 0.2) is 30.3 Å². The molecule has 0 aliphatic heterocycles. The van der Waals surface area contributed by atoms with Crippen molar-refractivity contribution in [2.45, 2.75) is 31.3 Å². The molecule has 0 spiro atoms. The lowest BCUT2D eigenvalue weighted by Crippen LogP contribution is -2.33. The quantitative estimate of drug-likeness (QED) is 0.733. The van der Waals surface area contributed by atoms with Crippen LogP contribution < -0.4 is 0 Å². The van der Waals surface area contributed by atoms with E-state index in [-0.39, 0.29) is 13.0 Å². The number of aliphatic hydroxyl groups is 2. The van der Waals surface area contributed by atoms with Crippen LogP contribution in [0.5, 0.6) is 0 Å². The van der Waals surface area contributed by atoms with E-state index in [0.717, 1.165) is 11.8 Å². The Morgan fingerprint density at radius 3 is 2.52 bits per heavy atom. The van der Waals surface area contributed by atoms with Crippen molar-refractivity contribution in [3.8, 4) is 0 Å². The minimum atomic E-state index is -3.64. The van der Waals surface area contributed by atoms with Gasteiger partial charge in [-0.2, -0.15) is 8.42 Å². The molecule has 21 heavy (non-hydrogen) atoms. The van der Waals surface area contributed by atoms with Crippen LogP contribution in [0.2, 0.25) is 0 Å². The van der Waals surface area contributed by atoms with E-state index in [1.165, 1.54) is 0 Å². The maximum Gasteiger partial charge on any atom is 0.264 e. The Bertz CT molecular complexity index is 544. The fourth-order valence-corrected chi connectivity index (χ4v) is 3.16. The van der Waals surface area contributed by atoms with Crippen LogP contribution in [0.25, 0.3) is 0 Å². The van der Waals surface area contributed by atoms with E-state index in [1.807, 2.05) is 30.3 Å². The van der Waals surface area contributed by atoms with E-state index in [0.29, 0.717) is 6.61 Å². The molecule has 2 rings (SSSR count). The summed E-state index contributed by atoms with van der Waals surface area (Å²) in [6.07, 6.45) is -1.78. The molecule has 7 heteroatoms. The molecule has 1 aliphatic carbocycles. The third-order valence-corrected chi connectivity index (χ3v) is 4.10. The highest BCUT2D eigenvalue weighted by molar-refractivity contribution is 7.86. The van der Waals surface area contributed by atoms with Gasteiger partial charge in [0.05, 0.1) is 37.8 Å². The maximum absolute atomic E-state index is 11.2. The molecule has 0 heterocycles. The molecule has 0 bridgehead atoms. The molecular weight excluding hydrogens is 296 g/mol. The van der Waals surface area contributed by atoms with Crippen molar-refractivity contribution in [3.05, 3.63) is 35.9 Å². The normalized spacial score (nSPS) is 29.7. The Morgan fingerprint density at radius 1 is 1.24 bits per heavy atom. The first-order chi connectivity index (χ1) is 9.87.